The van der Waals surface area contributed by atoms with Crippen molar-refractivity contribution < 1.29 is 13.9 Å². The summed E-state index contributed by atoms with van der Waals surface area (Å²) in [4.78, 5) is 12.3. The van der Waals surface area contributed by atoms with Crippen LogP contribution in [0.1, 0.15) is 34.6 Å². The standard InChI is InChI=1S/C17H20BrN5O3/c1-4-25-10-22-8-13(7-19-22)20-17(24)15-6-5-14(26-15)9-23-12(3)16(18)11(2)21-23/h5-8H,4,9-10H2,1-3H3,(H,20,24). The Hall–Kier alpha value is -2.39. The average Bonchev–Trinajstić information content (AvgIpc) is 3.32. The first-order valence-corrected chi connectivity index (χ1v) is 8.97. The molecule has 3 aromatic rings. The van der Waals surface area contributed by atoms with Gasteiger partial charge in [0.05, 0.1) is 40.5 Å². The number of aryl methyl sites for hydroxylation is 1. The summed E-state index contributed by atoms with van der Waals surface area (Å²) in [5.41, 5.74) is 2.50. The minimum absolute atomic E-state index is 0.234. The van der Waals surface area contributed by atoms with Crippen molar-refractivity contribution in [1.29, 1.82) is 0 Å². The fraction of sp³-hybridized carbons (Fsp3) is 0.353. The van der Waals surface area contributed by atoms with Gasteiger partial charge in [0, 0.05) is 6.61 Å². The maximum Gasteiger partial charge on any atom is 0.291 e. The maximum atomic E-state index is 12.3. The second kappa shape index (κ2) is 7.88. The quantitative estimate of drug-likeness (QED) is 0.631. The third kappa shape index (κ3) is 4.05. The van der Waals surface area contributed by atoms with Gasteiger partial charge < -0.3 is 14.5 Å². The predicted molar refractivity (Wildman–Crippen MR) is 99.0 cm³/mol. The minimum atomic E-state index is -0.332. The average molecular weight is 422 g/mol. The summed E-state index contributed by atoms with van der Waals surface area (Å²) in [5.74, 6) is 0.556. The molecule has 0 unspecified atom stereocenters. The SMILES string of the molecule is CCOCn1cc(NC(=O)c2ccc(Cn3nc(C)c(Br)c3C)o2)cn1. The molecule has 3 heterocycles. The van der Waals surface area contributed by atoms with Crippen LogP contribution < -0.4 is 5.32 Å². The Morgan fingerprint density at radius 3 is 2.88 bits per heavy atom. The van der Waals surface area contributed by atoms with Gasteiger partial charge in [-0.25, -0.2) is 4.68 Å². The normalized spacial score (nSPS) is 11.1. The number of hydrogen-bond acceptors (Lipinski definition) is 5. The monoisotopic (exact) mass is 421 g/mol. The summed E-state index contributed by atoms with van der Waals surface area (Å²) < 4.78 is 15.3. The van der Waals surface area contributed by atoms with Crippen molar-refractivity contribution >= 4 is 27.5 Å². The molecule has 0 aliphatic carbocycles. The number of anilines is 1. The molecule has 0 aliphatic rings. The smallest absolute Gasteiger partial charge is 0.291 e. The number of aromatic nitrogens is 4. The number of ether oxygens (including phenoxy) is 1. The highest BCUT2D eigenvalue weighted by Crippen LogP contribution is 2.21. The van der Waals surface area contributed by atoms with E-state index in [0.29, 0.717) is 31.3 Å². The largest absolute Gasteiger partial charge is 0.454 e. The van der Waals surface area contributed by atoms with E-state index in [-0.39, 0.29) is 11.7 Å². The maximum absolute atomic E-state index is 12.3. The molecule has 0 saturated heterocycles. The van der Waals surface area contributed by atoms with Crippen molar-refractivity contribution in [2.24, 2.45) is 0 Å². The van der Waals surface area contributed by atoms with Crippen LogP contribution in [-0.4, -0.2) is 32.1 Å². The summed E-state index contributed by atoms with van der Waals surface area (Å²) >= 11 is 3.50. The van der Waals surface area contributed by atoms with Gasteiger partial charge in [0.25, 0.3) is 5.91 Å². The summed E-state index contributed by atoms with van der Waals surface area (Å²) in [6, 6.07) is 3.42. The molecular weight excluding hydrogens is 402 g/mol. The number of carbonyl (C=O) groups excluding carboxylic acids is 1. The summed E-state index contributed by atoms with van der Waals surface area (Å²) in [6.07, 6.45) is 3.26. The van der Waals surface area contributed by atoms with Crippen LogP contribution >= 0.6 is 15.9 Å². The lowest BCUT2D eigenvalue weighted by Gasteiger charge is -2.02. The van der Waals surface area contributed by atoms with Crippen molar-refractivity contribution in [3.05, 3.63) is 51.9 Å². The van der Waals surface area contributed by atoms with E-state index in [4.69, 9.17) is 9.15 Å². The molecule has 0 radical (unpaired) electrons. The van der Waals surface area contributed by atoms with Gasteiger partial charge in [-0.05, 0) is 48.8 Å². The van der Waals surface area contributed by atoms with Gasteiger partial charge in [-0.15, -0.1) is 0 Å². The fourth-order valence-electron chi connectivity index (χ4n) is 2.44. The van der Waals surface area contributed by atoms with Crippen molar-refractivity contribution in [2.75, 3.05) is 11.9 Å². The third-order valence-electron chi connectivity index (χ3n) is 3.80. The molecule has 1 N–H and O–H groups in total. The molecule has 9 heteroatoms. The Balaban J connectivity index is 1.64. The van der Waals surface area contributed by atoms with Crippen LogP contribution in [0.15, 0.2) is 33.4 Å². The lowest BCUT2D eigenvalue weighted by Crippen LogP contribution is -2.10. The van der Waals surface area contributed by atoms with Crippen LogP contribution in [0, 0.1) is 13.8 Å². The van der Waals surface area contributed by atoms with Gasteiger partial charge in [0.1, 0.15) is 12.5 Å². The van der Waals surface area contributed by atoms with Crippen LogP contribution in [0.5, 0.6) is 0 Å². The van der Waals surface area contributed by atoms with E-state index in [1.165, 1.54) is 0 Å². The highest BCUT2D eigenvalue weighted by molar-refractivity contribution is 9.10. The summed E-state index contributed by atoms with van der Waals surface area (Å²) in [5, 5.41) is 11.3. The zero-order chi connectivity index (χ0) is 18.7. The number of amides is 1. The number of carbonyl (C=O) groups is 1. The number of nitrogens with zero attached hydrogens (tertiary/aromatic N) is 4. The summed E-state index contributed by atoms with van der Waals surface area (Å²) in [6.45, 7) is 7.21. The van der Waals surface area contributed by atoms with E-state index in [9.17, 15) is 4.79 Å². The predicted octanol–water partition coefficient (Wildman–Crippen LogP) is 3.35. The molecule has 26 heavy (non-hydrogen) atoms. The van der Waals surface area contributed by atoms with E-state index in [2.05, 4.69) is 31.4 Å². The van der Waals surface area contributed by atoms with Gasteiger partial charge in [-0.1, -0.05) is 0 Å². The number of halogens is 1. The highest BCUT2D eigenvalue weighted by atomic mass is 79.9. The molecule has 0 bridgehead atoms. The molecule has 0 aromatic carbocycles. The van der Waals surface area contributed by atoms with Gasteiger partial charge in [0.15, 0.2) is 5.76 Å². The fourth-order valence-corrected chi connectivity index (χ4v) is 2.72. The van der Waals surface area contributed by atoms with Gasteiger partial charge >= 0.3 is 0 Å². The number of nitrogens with one attached hydrogen (secondary N) is 1. The van der Waals surface area contributed by atoms with E-state index >= 15 is 0 Å². The highest BCUT2D eigenvalue weighted by Gasteiger charge is 2.15. The Kier molecular flexibility index (Phi) is 5.58. The lowest BCUT2D eigenvalue weighted by molar-refractivity contribution is 0.0792. The molecule has 0 spiro atoms. The Labute approximate surface area is 159 Å². The minimum Gasteiger partial charge on any atom is -0.454 e. The van der Waals surface area contributed by atoms with Crippen molar-refractivity contribution in [1.82, 2.24) is 19.6 Å². The van der Waals surface area contributed by atoms with E-state index < -0.39 is 0 Å². The van der Waals surface area contributed by atoms with Crippen LogP contribution in [0.2, 0.25) is 0 Å². The van der Waals surface area contributed by atoms with Crippen LogP contribution in [0.3, 0.4) is 0 Å². The Morgan fingerprint density at radius 1 is 1.38 bits per heavy atom. The lowest BCUT2D eigenvalue weighted by atomic mass is 10.4. The van der Waals surface area contributed by atoms with E-state index in [0.717, 1.165) is 15.9 Å². The zero-order valence-electron chi connectivity index (χ0n) is 14.8. The molecule has 0 fully saturated rings. The van der Waals surface area contributed by atoms with E-state index in [1.807, 2.05) is 25.5 Å². The second-order valence-electron chi connectivity index (χ2n) is 5.75. The van der Waals surface area contributed by atoms with Crippen molar-refractivity contribution in [2.45, 2.75) is 34.0 Å². The molecule has 1 amide bonds. The molecule has 3 aromatic heterocycles. The van der Waals surface area contributed by atoms with Gasteiger partial charge in [-0.3, -0.25) is 9.48 Å². The molecule has 0 atom stereocenters. The van der Waals surface area contributed by atoms with Gasteiger partial charge in [-0.2, -0.15) is 10.2 Å². The molecule has 0 aliphatic heterocycles. The van der Waals surface area contributed by atoms with Crippen molar-refractivity contribution in [3.63, 3.8) is 0 Å². The molecule has 3 rings (SSSR count). The van der Waals surface area contributed by atoms with Gasteiger partial charge in [0.2, 0.25) is 0 Å². The van der Waals surface area contributed by atoms with Crippen molar-refractivity contribution in [3.8, 4) is 0 Å². The van der Waals surface area contributed by atoms with Crippen LogP contribution in [0.25, 0.3) is 0 Å². The first kappa shape index (κ1) is 18.4. The summed E-state index contributed by atoms with van der Waals surface area (Å²) in [7, 11) is 0. The van der Waals surface area contributed by atoms with Crippen LogP contribution in [0.4, 0.5) is 5.69 Å². The number of furan rings is 1. The molecular formula is C17H20BrN5O3. The number of rotatable bonds is 7. The first-order valence-electron chi connectivity index (χ1n) is 8.17. The molecule has 8 nitrogen and oxygen atoms in total. The zero-order valence-corrected chi connectivity index (χ0v) is 16.4. The second-order valence-corrected chi connectivity index (χ2v) is 6.55. The number of hydrogen-bond donors (Lipinski definition) is 1. The Morgan fingerprint density at radius 2 is 2.19 bits per heavy atom. The molecule has 138 valence electrons. The third-order valence-corrected chi connectivity index (χ3v) is 4.95. The van der Waals surface area contributed by atoms with E-state index in [1.54, 1.807) is 29.2 Å². The molecule has 0 saturated carbocycles. The topological polar surface area (TPSA) is 87.1 Å². The first-order chi connectivity index (χ1) is 12.5. The Bertz CT molecular complexity index is 912. The van der Waals surface area contributed by atoms with Crippen LogP contribution in [-0.2, 0) is 18.0 Å².